The summed E-state index contributed by atoms with van der Waals surface area (Å²) in [4.78, 5) is 0. The fraction of sp³-hybridized carbons (Fsp3) is 0.333. The predicted octanol–water partition coefficient (Wildman–Crippen LogP) is 2.76. The fourth-order valence-electron chi connectivity index (χ4n) is 2.11. The monoisotopic (exact) mass is 351 g/mol. The van der Waals surface area contributed by atoms with Gasteiger partial charge >= 0.3 is 0 Å². The molecule has 1 heterocycles. The number of benzene rings is 1. The zero-order valence-electron chi connectivity index (χ0n) is 12.3. The van der Waals surface area contributed by atoms with Crippen molar-refractivity contribution in [2.75, 3.05) is 21.3 Å². The van der Waals surface area contributed by atoms with E-state index in [0.29, 0.717) is 5.88 Å². The standard InChI is InChI=1S/C15H18BrN3O2/c1-17-13(12-5-7-15(21-3)19-18-12)9-10-8-11(16)4-6-14(10)20-2/h4-8,13,17H,9H2,1-3H3. The van der Waals surface area contributed by atoms with Crippen LogP contribution in [0.2, 0.25) is 0 Å². The van der Waals surface area contributed by atoms with Gasteiger partial charge in [-0.3, -0.25) is 0 Å². The maximum absolute atomic E-state index is 5.41. The summed E-state index contributed by atoms with van der Waals surface area (Å²) in [6.07, 6.45) is 0.750. The van der Waals surface area contributed by atoms with Crippen molar-refractivity contribution >= 4 is 15.9 Å². The van der Waals surface area contributed by atoms with E-state index in [9.17, 15) is 0 Å². The molecule has 0 amide bonds. The lowest BCUT2D eigenvalue weighted by molar-refractivity contribution is 0.388. The molecule has 2 rings (SSSR count). The van der Waals surface area contributed by atoms with Crippen LogP contribution in [0.4, 0.5) is 0 Å². The molecular weight excluding hydrogens is 334 g/mol. The largest absolute Gasteiger partial charge is 0.496 e. The van der Waals surface area contributed by atoms with Crippen LogP contribution in [0.15, 0.2) is 34.8 Å². The minimum absolute atomic E-state index is 0.0478. The van der Waals surface area contributed by atoms with E-state index in [0.717, 1.165) is 27.9 Å². The number of hydrogen-bond donors (Lipinski definition) is 1. The summed E-state index contributed by atoms with van der Waals surface area (Å²) in [6.45, 7) is 0. The molecule has 0 aliphatic heterocycles. The average molecular weight is 352 g/mol. The van der Waals surface area contributed by atoms with Crippen LogP contribution < -0.4 is 14.8 Å². The van der Waals surface area contributed by atoms with Crippen molar-refractivity contribution in [2.24, 2.45) is 0 Å². The summed E-state index contributed by atoms with van der Waals surface area (Å²) in [7, 11) is 5.15. The highest BCUT2D eigenvalue weighted by Crippen LogP contribution is 2.27. The van der Waals surface area contributed by atoms with E-state index in [1.807, 2.05) is 31.3 Å². The molecule has 1 unspecified atom stereocenters. The molecule has 1 N–H and O–H groups in total. The normalized spacial score (nSPS) is 12.0. The molecule has 0 spiro atoms. The Bertz CT molecular complexity index is 590. The van der Waals surface area contributed by atoms with Crippen LogP contribution in [0.1, 0.15) is 17.3 Å². The number of rotatable bonds is 6. The zero-order chi connectivity index (χ0) is 15.2. The quantitative estimate of drug-likeness (QED) is 0.867. The van der Waals surface area contributed by atoms with Crippen LogP contribution in [-0.4, -0.2) is 31.5 Å². The Balaban J connectivity index is 2.23. The van der Waals surface area contributed by atoms with Crippen LogP contribution >= 0.6 is 15.9 Å². The lowest BCUT2D eigenvalue weighted by Gasteiger charge is -2.17. The van der Waals surface area contributed by atoms with Gasteiger partial charge in [-0.1, -0.05) is 15.9 Å². The highest BCUT2D eigenvalue weighted by atomic mass is 79.9. The van der Waals surface area contributed by atoms with E-state index in [4.69, 9.17) is 9.47 Å². The molecule has 0 saturated heterocycles. The zero-order valence-corrected chi connectivity index (χ0v) is 13.8. The third-order valence-electron chi connectivity index (χ3n) is 3.24. The lowest BCUT2D eigenvalue weighted by atomic mass is 10.0. The van der Waals surface area contributed by atoms with Gasteiger partial charge in [0.05, 0.1) is 26.0 Å². The van der Waals surface area contributed by atoms with Gasteiger partial charge in [-0.15, -0.1) is 5.10 Å². The van der Waals surface area contributed by atoms with Gasteiger partial charge in [0.25, 0.3) is 0 Å². The summed E-state index contributed by atoms with van der Waals surface area (Å²) in [5, 5.41) is 11.5. The molecule has 1 aromatic carbocycles. The van der Waals surface area contributed by atoms with E-state index >= 15 is 0 Å². The van der Waals surface area contributed by atoms with Crippen molar-refractivity contribution in [1.29, 1.82) is 0 Å². The third-order valence-corrected chi connectivity index (χ3v) is 3.74. The second-order valence-corrected chi connectivity index (χ2v) is 5.42. The van der Waals surface area contributed by atoms with Crippen molar-refractivity contribution in [2.45, 2.75) is 12.5 Å². The molecule has 112 valence electrons. The third kappa shape index (κ3) is 3.92. The van der Waals surface area contributed by atoms with E-state index in [1.54, 1.807) is 14.2 Å². The molecule has 0 aliphatic carbocycles. The van der Waals surface area contributed by atoms with Gasteiger partial charge in [0.2, 0.25) is 5.88 Å². The number of nitrogens with one attached hydrogen (secondary N) is 1. The number of halogens is 1. The van der Waals surface area contributed by atoms with Crippen molar-refractivity contribution in [3.63, 3.8) is 0 Å². The van der Waals surface area contributed by atoms with E-state index in [1.165, 1.54) is 0 Å². The lowest BCUT2D eigenvalue weighted by Crippen LogP contribution is -2.20. The Morgan fingerprint density at radius 3 is 2.52 bits per heavy atom. The number of nitrogens with zero attached hydrogens (tertiary/aromatic N) is 2. The molecule has 0 fully saturated rings. The average Bonchev–Trinajstić information content (AvgIpc) is 2.53. The first-order valence-corrected chi connectivity index (χ1v) is 7.34. The number of ether oxygens (including phenoxy) is 2. The number of hydrogen-bond acceptors (Lipinski definition) is 5. The van der Waals surface area contributed by atoms with Gasteiger partial charge in [0.1, 0.15) is 5.75 Å². The summed E-state index contributed by atoms with van der Waals surface area (Å²) < 4.78 is 11.5. The molecular formula is C15H18BrN3O2. The van der Waals surface area contributed by atoms with E-state index in [2.05, 4.69) is 37.5 Å². The van der Waals surface area contributed by atoms with Gasteiger partial charge < -0.3 is 14.8 Å². The van der Waals surface area contributed by atoms with Crippen LogP contribution in [0, 0.1) is 0 Å². The molecule has 1 atom stereocenters. The summed E-state index contributed by atoms with van der Waals surface area (Å²) in [5.41, 5.74) is 1.96. The summed E-state index contributed by atoms with van der Waals surface area (Å²) in [5.74, 6) is 1.37. The molecule has 1 aromatic heterocycles. The molecule has 0 radical (unpaired) electrons. The Labute approximate surface area is 132 Å². The number of likely N-dealkylation sites (N-methyl/N-ethyl adjacent to an activating group) is 1. The molecule has 5 nitrogen and oxygen atoms in total. The van der Waals surface area contributed by atoms with Gasteiger partial charge in [-0.05, 0) is 43.3 Å². The van der Waals surface area contributed by atoms with Crippen molar-refractivity contribution in [3.8, 4) is 11.6 Å². The molecule has 0 bridgehead atoms. The summed E-state index contributed by atoms with van der Waals surface area (Å²) >= 11 is 3.49. The van der Waals surface area contributed by atoms with Crippen molar-refractivity contribution < 1.29 is 9.47 Å². The number of aromatic nitrogens is 2. The van der Waals surface area contributed by atoms with Crippen LogP contribution in [-0.2, 0) is 6.42 Å². The van der Waals surface area contributed by atoms with Gasteiger partial charge in [-0.2, -0.15) is 5.10 Å². The topological polar surface area (TPSA) is 56.3 Å². The van der Waals surface area contributed by atoms with Crippen LogP contribution in [0.3, 0.4) is 0 Å². The molecule has 2 aromatic rings. The fourth-order valence-corrected chi connectivity index (χ4v) is 2.51. The second-order valence-electron chi connectivity index (χ2n) is 4.50. The van der Waals surface area contributed by atoms with Crippen molar-refractivity contribution in [3.05, 3.63) is 46.1 Å². The second kappa shape index (κ2) is 7.38. The highest BCUT2D eigenvalue weighted by Gasteiger charge is 2.15. The molecule has 6 heteroatoms. The molecule has 21 heavy (non-hydrogen) atoms. The maximum atomic E-state index is 5.41. The van der Waals surface area contributed by atoms with Crippen LogP contribution in [0.5, 0.6) is 11.6 Å². The Morgan fingerprint density at radius 1 is 1.14 bits per heavy atom. The minimum Gasteiger partial charge on any atom is -0.496 e. The maximum Gasteiger partial charge on any atom is 0.233 e. The smallest absolute Gasteiger partial charge is 0.233 e. The Kier molecular flexibility index (Phi) is 5.52. The first-order chi connectivity index (χ1) is 10.2. The molecule has 0 saturated carbocycles. The van der Waals surface area contributed by atoms with Crippen molar-refractivity contribution in [1.82, 2.24) is 15.5 Å². The SMILES string of the molecule is CNC(Cc1cc(Br)ccc1OC)c1ccc(OC)nn1. The minimum atomic E-state index is 0.0478. The van der Waals surface area contributed by atoms with E-state index in [-0.39, 0.29) is 6.04 Å². The van der Waals surface area contributed by atoms with Crippen LogP contribution in [0.25, 0.3) is 0 Å². The van der Waals surface area contributed by atoms with Gasteiger partial charge in [-0.25, -0.2) is 0 Å². The molecule has 0 aliphatic rings. The first kappa shape index (κ1) is 15.7. The summed E-state index contributed by atoms with van der Waals surface area (Å²) in [6, 6.07) is 9.74. The van der Waals surface area contributed by atoms with Gasteiger partial charge in [0, 0.05) is 10.5 Å². The van der Waals surface area contributed by atoms with Gasteiger partial charge in [0.15, 0.2) is 0 Å². The Morgan fingerprint density at radius 2 is 1.95 bits per heavy atom. The van der Waals surface area contributed by atoms with E-state index < -0.39 is 0 Å². The number of methoxy groups -OCH3 is 2. The highest BCUT2D eigenvalue weighted by molar-refractivity contribution is 9.10. The first-order valence-electron chi connectivity index (χ1n) is 6.55. The predicted molar refractivity (Wildman–Crippen MR) is 84.8 cm³/mol. The Hall–Kier alpha value is -1.66.